The summed E-state index contributed by atoms with van der Waals surface area (Å²) in [5.41, 5.74) is 0. The number of rotatable bonds is 5. The maximum Gasteiger partial charge on any atom is 0.302 e. The minimum atomic E-state index is -1.84. The quantitative estimate of drug-likeness (QED) is 0.724. The molecule has 0 heterocycles. The first kappa shape index (κ1) is 14.6. The Morgan fingerprint density at radius 1 is 1.47 bits per heavy atom. The van der Waals surface area contributed by atoms with E-state index in [0.29, 0.717) is 0 Å². The van der Waals surface area contributed by atoms with Gasteiger partial charge in [-0.15, -0.1) is 0 Å². The smallest absolute Gasteiger partial charge is 0.302 e. The average Bonchev–Trinajstić information content (AvgIpc) is 2.13. The van der Waals surface area contributed by atoms with Crippen molar-refractivity contribution in [3.05, 3.63) is 21.8 Å². The Morgan fingerprint density at radius 3 is 2.53 bits per heavy atom. The summed E-state index contributed by atoms with van der Waals surface area (Å²) in [6.07, 6.45) is 2.14. The molecule has 0 aliphatic carbocycles. The lowest BCUT2D eigenvalue weighted by atomic mass is 10.7. The highest BCUT2D eigenvalue weighted by molar-refractivity contribution is 7.88. The number of carbonyl (C=O) groups is 1. The topological polar surface area (TPSA) is 43.4 Å². The summed E-state index contributed by atoms with van der Waals surface area (Å²) in [4.78, 5) is 10.3. The number of ether oxygens (including phenoxy) is 1. The normalized spacial score (nSPS) is 13.2. The fourth-order valence-corrected chi connectivity index (χ4v) is 1.60. The number of hydrogen-bond donors (Lipinski definition) is 0. The molecule has 0 aromatic rings. The largest absolute Gasteiger partial charge is 0.462 e. The van der Waals surface area contributed by atoms with Crippen LogP contribution < -0.4 is 0 Å². The molecular formula is C8H9Cl2FO3S. The molecular weight excluding hydrogens is 266 g/mol. The molecule has 0 bridgehead atoms. The van der Waals surface area contributed by atoms with Gasteiger partial charge in [-0.25, -0.2) is 0 Å². The molecule has 86 valence electrons. The van der Waals surface area contributed by atoms with Gasteiger partial charge >= 0.3 is 5.97 Å². The average molecular weight is 275 g/mol. The monoisotopic (exact) mass is 274 g/mol. The minimum absolute atomic E-state index is 0.0730. The molecule has 0 fully saturated rings. The highest BCUT2D eigenvalue weighted by atomic mass is 35.5. The lowest BCUT2D eigenvalue weighted by Gasteiger charge is -1.97. The van der Waals surface area contributed by atoms with Crippen LogP contribution in [0, 0.1) is 0 Å². The lowest BCUT2D eigenvalue weighted by molar-refractivity contribution is -0.139. The van der Waals surface area contributed by atoms with E-state index in [1.54, 1.807) is 0 Å². The van der Waals surface area contributed by atoms with E-state index >= 15 is 0 Å². The Balaban J connectivity index is 4.08. The van der Waals surface area contributed by atoms with Crippen molar-refractivity contribution in [2.24, 2.45) is 0 Å². The fraction of sp³-hybridized carbons (Fsp3) is 0.375. The Labute approximate surface area is 99.3 Å². The Bertz CT molecular complexity index is 311. The Hall–Kier alpha value is -0.390. The molecule has 7 heteroatoms. The fourth-order valence-electron chi connectivity index (χ4n) is 0.536. The van der Waals surface area contributed by atoms with E-state index in [-0.39, 0.29) is 16.9 Å². The van der Waals surface area contributed by atoms with Gasteiger partial charge in [-0.05, 0) is 12.2 Å². The number of hydrogen-bond acceptors (Lipinski definition) is 3. The summed E-state index contributed by atoms with van der Waals surface area (Å²) >= 11 is 10.5. The molecule has 0 aromatic heterocycles. The van der Waals surface area contributed by atoms with Crippen molar-refractivity contribution in [1.29, 1.82) is 0 Å². The van der Waals surface area contributed by atoms with E-state index in [1.807, 2.05) is 0 Å². The van der Waals surface area contributed by atoms with E-state index in [4.69, 9.17) is 23.2 Å². The van der Waals surface area contributed by atoms with Gasteiger partial charge in [0.1, 0.15) is 11.1 Å². The predicted octanol–water partition coefficient (Wildman–Crippen LogP) is 2.43. The van der Waals surface area contributed by atoms with E-state index in [1.165, 1.54) is 13.0 Å². The number of carbonyl (C=O) groups excluding carboxylic acids is 1. The van der Waals surface area contributed by atoms with Gasteiger partial charge in [-0.2, -0.15) is 4.39 Å². The Kier molecular flexibility index (Phi) is 7.64. The van der Waals surface area contributed by atoms with E-state index in [0.717, 1.165) is 6.08 Å². The molecule has 0 aromatic carbocycles. The van der Waals surface area contributed by atoms with Crippen LogP contribution in [-0.4, -0.2) is 22.5 Å². The summed E-state index contributed by atoms with van der Waals surface area (Å²) in [5.74, 6) is -0.654. The summed E-state index contributed by atoms with van der Waals surface area (Å²) in [6, 6.07) is 0. The van der Waals surface area contributed by atoms with Gasteiger partial charge in [0.05, 0.1) is 16.6 Å². The molecule has 1 atom stereocenters. The van der Waals surface area contributed by atoms with Gasteiger partial charge in [0, 0.05) is 6.92 Å². The zero-order valence-electron chi connectivity index (χ0n) is 7.84. The van der Waals surface area contributed by atoms with Crippen LogP contribution in [0.4, 0.5) is 4.39 Å². The van der Waals surface area contributed by atoms with Crippen LogP contribution in [0.2, 0.25) is 0 Å². The first-order valence-electron chi connectivity index (χ1n) is 3.82. The molecule has 0 amide bonds. The summed E-state index contributed by atoms with van der Waals surface area (Å²) in [7, 11) is -1.84. The van der Waals surface area contributed by atoms with E-state index in [9.17, 15) is 13.4 Å². The SMILES string of the molecule is CC(=O)OC/C=C(\F)S(=O)CC=C(Cl)Cl. The van der Waals surface area contributed by atoms with Gasteiger partial charge < -0.3 is 4.74 Å². The van der Waals surface area contributed by atoms with Crippen molar-refractivity contribution >= 4 is 40.0 Å². The summed E-state index contributed by atoms with van der Waals surface area (Å²) < 4.78 is 28.4. The van der Waals surface area contributed by atoms with Crippen molar-refractivity contribution in [2.45, 2.75) is 6.92 Å². The molecule has 15 heavy (non-hydrogen) atoms. The van der Waals surface area contributed by atoms with Gasteiger partial charge in [-0.1, -0.05) is 23.2 Å². The van der Waals surface area contributed by atoms with Crippen molar-refractivity contribution < 1.29 is 18.1 Å². The second-order valence-electron chi connectivity index (χ2n) is 2.32. The van der Waals surface area contributed by atoms with Crippen molar-refractivity contribution in [3.63, 3.8) is 0 Å². The third-order valence-corrected chi connectivity index (χ3v) is 2.52. The van der Waals surface area contributed by atoms with Crippen LogP contribution in [0.1, 0.15) is 6.92 Å². The third-order valence-electron chi connectivity index (χ3n) is 1.14. The molecule has 0 saturated carbocycles. The van der Waals surface area contributed by atoms with Crippen LogP contribution >= 0.6 is 23.2 Å². The standard InChI is InChI=1S/C8H9Cl2FO3S/c1-6(12)14-4-2-8(11)15(13)5-3-7(9)10/h2-3H,4-5H2,1H3/b8-2+. The van der Waals surface area contributed by atoms with E-state index < -0.39 is 21.9 Å². The molecule has 0 spiro atoms. The molecule has 0 aliphatic heterocycles. The van der Waals surface area contributed by atoms with Gasteiger partial charge in [-0.3, -0.25) is 9.00 Å². The van der Waals surface area contributed by atoms with Crippen LogP contribution in [0.3, 0.4) is 0 Å². The Morgan fingerprint density at radius 2 is 2.07 bits per heavy atom. The van der Waals surface area contributed by atoms with Crippen LogP contribution in [-0.2, 0) is 20.3 Å². The number of halogens is 3. The van der Waals surface area contributed by atoms with Crippen LogP contribution in [0.15, 0.2) is 21.8 Å². The second kappa shape index (κ2) is 7.84. The first-order chi connectivity index (χ1) is 6.93. The first-order valence-corrected chi connectivity index (χ1v) is 5.89. The lowest BCUT2D eigenvalue weighted by Crippen LogP contribution is -2.00. The molecule has 0 N–H and O–H groups in total. The highest BCUT2D eigenvalue weighted by Crippen LogP contribution is 2.09. The summed E-state index contributed by atoms with van der Waals surface area (Å²) in [6.45, 7) is 0.948. The van der Waals surface area contributed by atoms with Crippen LogP contribution in [0.5, 0.6) is 0 Å². The zero-order chi connectivity index (χ0) is 11.8. The molecule has 0 saturated heterocycles. The molecule has 0 rings (SSSR count). The molecule has 0 radical (unpaired) electrons. The number of esters is 1. The van der Waals surface area contributed by atoms with Crippen molar-refractivity contribution in [1.82, 2.24) is 0 Å². The molecule has 1 unspecified atom stereocenters. The van der Waals surface area contributed by atoms with Crippen molar-refractivity contribution in [3.8, 4) is 0 Å². The maximum absolute atomic E-state index is 13.0. The van der Waals surface area contributed by atoms with Crippen LogP contribution in [0.25, 0.3) is 0 Å². The third kappa shape index (κ3) is 8.59. The van der Waals surface area contributed by atoms with E-state index in [2.05, 4.69) is 4.74 Å². The van der Waals surface area contributed by atoms with Gasteiger partial charge in [0.25, 0.3) is 0 Å². The second-order valence-corrected chi connectivity index (χ2v) is 4.74. The minimum Gasteiger partial charge on any atom is -0.462 e. The van der Waals surface area contributed by atoms with Gasteiger partial charge in [0.2, 0.25) is 0 Å². The molecule has 0 aliphatic rings. The van der Waals surface area contributed by atoms with Crippen molar-refractivity contribution in [2.75, 3.05) is 12.4 Å². The van der Waals surface area contributed by atoms with Gasteiger partial charge in [0.15, 0.2) is 5.16 Å². The molecule has 3 nitrogen and oxygen atoms in total. The predicted molar refractivity (Wildman–Crippen MR) is 58.6 cm³/mol. The highest BCUT2D eigenvalue weighted by Gasteiger charge is 2.05. The maximum atomic E-state index is 13.0. The summed E-state index contributed by atoms with van der Waals surface area (Å²) in [5, 5.41) is -0.873. The zero-order valence-corrected chi connectivity index (χ0v) is 10.2.